The first-order valence-electron chi connectivity index (χ1n) is 10.3. The van der Waals surface area contributed by atoms with Crippen LogP contribution < -0.4 is 10.6 Å². The van der Waals surface area contributed by atoms with Gasteiger partial charge in [-0.15, -0.1) is 0 Å². The Labute approximate surface area is 159 Å². The molecule has 0 saturated carbocycles. The molecule has 26 heavy (non-hydrogen) atoms. The molecule has 2 rings (SSSR count). The van der Waals surface area contributed by atoms with Crippen molar-refractivity contribution in [1.29, 1.82) is 0 Å². The van der Waals surface area contributed by atoms with Gasteiger partial charge in [0.25, 0.3) is 0 Å². The van der Waals surface area contributed by atoms with Gasteiger partial charge in [-0.2, -0.15) is 0 Å². The van der Waals surface area contributed by atoms with Crippen molar-refractivity contribution in [2.75, 3.05) is 45.8 Å². The molecule has 1 aliphatic heterocycles. The van der Waals surface area contributed by atoms with E-state index in [1.165, 1.54) is 37.1 Å². The second kappa shape index (κ2) is 11.9. The largest absolute Gasteiger partial charge is 0.357 e. The maximum absolute atomic E-state index is 4.73. The normalized spacial score (nSPS) is 15.6. The van der Waals surface area contributed by atoms with Crippen molar-refractivity contribution in [2.24, 2.45) is 4.99 Å². The lowest BCUT2D eigenvalue weighted by atomic mass is 10.1. The van der Waals surface area contributed by atoms with E-state index in [1.54, 1.807) is 0 Å². The zero-order valence-electron chi connectivity index (χ0n) is 16.9. The minimum atomic E-state index is 0.713. The molecule has 1 aromatic rings. The zero-order valence-corrected chi connectivity index (χ0v) is 16.9. The van der Waals surface area contributed by atoms with Gasteiger partial charge in [-0.05, 0) is 57.1 Å². The summed E-state index contributed by atoms with van der Waals surface area (Å²) in [7, 11) is 0. The van der Waals surface area contributed by atoms with Crippen molar-refractivity contribution in [1.82, 2.24) is 20.4 Å². The number of hydrogen-bond acceptors (Lipinski definition) is 3. The molecule has 2 N–H and O–H groups in total. The predicted octanol–water partition coefficient (Wildman–Crippen LogP) is 2.68. The first-order chi connectivity index (χ1) is 12.7. The summed E-state index contributed by atoms with van der Waals surface area (Å²) in [4.78, 5) is 9.68. The zero-order chi connectivity index (χ0) is 18.6. The lowest BCUT2D eigenvalue weighted by molar-refractivity contribution is 0.308. The van der Waals surface area contributed by atoms with Crippen molar-refractivity contribution in [3.8, 4) is 0 Å². The third kappa shape index (κ3) is 7.34. The lowest BCUT2D eigenvalue weighted by Crippen LogP contribution is -2.41. The van der Waals surface area contributed by atoms with E-state index >= 15 is 0 Å². The second-order valence-corrected chi connectivity index (χ2v) is 6.95. The van der Waals surface area contributed by atoms with Gasteiger partial charge >= 0.3 is 0 Å². The van der Waals surface area contributed by atoms with Crippen LogP contribution in [0.5, 0.6) is 0 Å². The summed E-state index contributed by atoms with van der Waals surface area (Å²) < 4.78 is 0. The van der Waals surface area contributed by atoms with Gasteiger partial charge in [-0.3, -0.25) is 4.90 Å². The summed E-state index contributed by atoms with van der Waals surface area (Å²) in [6.45, 7) is 15.8. The number of guanidine groups is 1. The summed E-state index contributed by atoms with van der Waals surface area (Å²) in [5.74, 6) is 0.904. The van der Waals surface area contributed by atoms with Crippen LogP contribution >= 0.6 is 0 Å². The number of benzene rings is 1. The van der Waals surface area contributed by atoms with Gasteiger partial charge in [0.1, 0.15) is 0 Å². The van der Waals surface area contributed by atoms with E-state index in [9.17, 15) is 0 Å². The third-order valence-electron chi connectivity index (χ3n) is 5.01. The van der Waals surface area contributed by atoms with Crippen LogP contribution in [0.2, 0.25) is 0 Å². The molecule has 146 valence electrons. The SMILES string of the molecule is CCNC(=NCc1ccc(CN2CCCC2)cc1)NCCN(CC)CC. The molecule has 1 heterocycles. The number of hydrogen-bond donors (Lipinski definition) is 2. The fourth-order valence-electron chi connectivity index (χ4n) is 3.33. The molecule has 0 atom stereocenters. The fraction of sp³-hybridized carbons (Fsp3) is 0.667. The van der Waals surface area contributed by atoms with Crippen LogP contribution in [0.15, 0.2) is 29.3 Å². The summed E-state index contributed by atoms with van der Waals surface area (Å²) in [6, 6.07) is 8.94. The Kier molecular flexibility index (Phi) is 9.50. The molecule has 1 saturated heterocycles. The third-order valence-corrected chi connectivity index (χ3v) is 5.01. The van der Waals surface area contributed by atoms with Gasteiger partial charge in [0.05, 0.1) is 6.54 Å². The molecule has 0 aliphatic carbocycles. The average molecular weight is 360 g/mol. The number of aliphatic imine (C=N–C) groups is 1. The van der Waals surface area contributed by atoms with Gasteiger partial charge in [0.15, 0.2) is 5.96 Å². The Hall–Kier alpha value is -1.59. The Bertz CT molecular complexity index is 516. The van der Waals surface area contributed by atoms with Crippen molar-refractivity contribution >= 4 is 5.96 Å². The van der Waals surface area contributed by atoms with Crippen LogP contribution in [0.1, 0.15) is 44.7 Å². The highest BCUT2D eigenvalue weighted by molar-refractivity contribution is 5.79. The molecule has 1 aromatic carbocycles. The van der Waals surface area contributed by atoms with E-state index in [2.05, 4.69) is 65.5 Å². The fourth-order valence-corrected chi connectivity index (χ4v) is 3.33. The summed E-state index contributed by atoms with van der Waals surface area (Å²) in [6.07, 6.45) is 2.70. The van der Waals surface area contributed by atoms with Crippen LogP contribution in [0.25, 0.3) is 0 Å². The van der Waals surface area contributed by atoms with E-state index in [1.807, 2.05) is 0 Å². The molecule has 5 heteroatoms. The smallest absolute Gasteiger partial charge is 0.191 e. The van der Waals surface area contributed by atoms with Crippen LogP contribution in [-0.4, -0.2) is 61.6 Å². The summed E-state index contributed by atoms with van der Waals surface area (Å²) in [5.41, 5.74) is 2.67. The minimum absolute atomic E-state index is 0.713. The maximum atomic E-state index is 4.73. The topological polar surface area (TPSA) is 42.9 Å². The van der Waals surface area contributed by atoms with Gasteiger partial charge in [-0.1, -0.05) is 38.1 Å². The van der Waals surface area contributed by atoms with Crippen molar-refractivity contribution in [2.45, 2.75) is 46.7 Å². The minimum Gasteiger partial charge on any atom is -0.357 e. The maximum Gasteiger partial charge on any atom is 0.191 e. The average Bonchev–Trinajstić information content (AvgIpc) is 3.17. The highest BCUT2D eigenvalue weighted by atomic mass is 15.2. The molecule has 0 bridgehead atoms. The Balaban J connectivity index is 1.81. The van der Waals surface area contributed by atoms with Crippen LogP contribution in [-0.2, 0) is 13.1 Å². The highest BCUT2D eigenvalue weighted by Crippen LogP contribution is 2.13. The van der Waals surface area contributed by atoms with Crippen molar-refractivity contribution < 1.29 is 0 Å². The molecular weight excluding hydrogens is 322 g/mol. The molecule has 1 aliphatic rings. The first-order valence-corrected chi connectivity index (χ1v) is 10.3. The molecule has 0 radical (unpaired) electrons. The Morgan fingerprint density at radius 1 is 1.00 bits per heavy atom. The van der Waals surface area contributed by atoms with Gasteiger partial charge in [0.2, 0.25) is 0 Å². The molecule has 1 fully saturated rings. The van der Waals surface area contributed by atoms with Gasteiger partial charge < -0.3 is 15.5 Å². The number of rotatable bonds is 10. The molecular formula is C21H37N5. The summed E-state index contributed by atoms with van der Waals surface area (Å²) in [5, 5.41) is 6.78. The van der Waals surface area contributed by atoms with E-state index in [0.717, 1.165) is 45.2 Å². The van der Waals surface area contributed by atoms with Crippen LogP contribution in [0.3, 0.4) is 0 Å². The highest BCUT2D eigenvalue weighted by Gasteiger charge is 2.11. The van der Waals surface area contributed by atoms with Crippen LogP contribution in [0, 0.1) is 0 Å². The molecule has 0 spiro atoms. The first kappa shape index (κ1) is 20.7. The summed E-state index contributed by atoms with van der Waals surface area (Å²) >= 11 is 0. The Morgan fingerprint density at radius 2 is 1.65 bits per heavy atom. The monoisotopic (exact) mass is 359 g/mol. The molecule has 5 nitrogen and oxygen atoms in total. The quantitative estimate of drug-likeness (QED) is 0.498. The molecule has 0 unspecified atom stereocenters. The number of nitrogens with one attached hydrogen (secondary N) is 2. The van der Waals surface area contributed by atoms with Gasteiger partial charge in [0, 0.05) is 26.2 Å². The van der Waals surface area contributed by atoms with Crippen molar-refractivity contribution in [3.05, 3.63) is 35.4 Å². The second-order valence-electron chi connectivity index (χ2n) is 6.95. The number of likely N-dealkylation sites (tertiary alicyclic amines) is 1. The van der Waals surface area contributed by atoms with E-state index in [0.29, 0.717) is 6.54 Å². The van der Waals surface area contributed by atoms with Crippen molar-refractivity contribution in [3.63, 3.8) is 0 Å². The van der Waals surface area contributed by atoms with E-state index in [-0.39, 0.29) is 0 Å². The van der Waals surface area contributed by atoms with E-state index in [4.69, 9.17) is 4.99 Å². The van der Waals surface area contributed by atoms with Gasteiger partial charge in [-0.25, -0.2) is 4.99 Å². The van der Waals surface area contributed by atoms with Crippen LogP contribution in [0.4, 0.5) is 0 Å². The molecule has 0 aromatic heterocycles. The molecule has 0 amide bonds. The standard InChI is InChI=1S/C21H37N5/c1-4-22-21(23-13-16-25(5-2)6-3)24-17-19-9-11-20(12-10-19)18-26-14-7-8-15-26/h9-12H,4-8,13-18H2,1-3H3,(H2,22,23,24). The number of nitrogens with zero attached hydrogens (tertiary/aromatic N) is 3. The Morgan fingerprint density at radius 3 is 2.27 bits per heavy atom. The predicted molar refractivity (Wildman–Crippen MR) is 112 cm³/mol. The van der Waals surface area contributed by atoms with E-state index < -0.39 is 0 Å². The number of likely N-dealkylation sites (N-methyl/N-ethyl adjacent to an activating group) is 1. The lowest BCUT2D eigenvalue weighted by Gasteiger charge is -2.19.